The van der Waals surface area contributed by atoms with Crippen LogP contribution in [0.25, 0.3) is 0 Å². The van der Waals surface area contributed by atoms with E-state index in [4.69, 9.17) is 11.6 Å². The van der Waals surface area contributed by atoms with Gasteiger partial charge in [-0.1, -0.05) is 17.7 Å². The molecule has 0 bridgehead atoms. The minimum absolute atomic E-state index is 0.0556. The van der Waals surface area contributed by atoms with Crippen molar-refractivity contribution in [1.82, 2.24) is 4.98 Å². The van der Waals surface area contributed by atoms with E-state index in [1.807, 2.05) is 0 Å². The predicted octanol–water partition coefficient (Wildman–Crippen LogP) is 8.45. The Morgan fingerprint density at radius 2 is 1.60 bits per heavy atom. The minimum atomic E-state index is -7.18. The summed E-state index contributed by atoms with van der Waals surface area (Å²) in [5.41, 5.74) is -12.8. The highest BCUT2D eigenvalue weighted by Crippen LogP contribution is 2.59. The molecular formula is C24H11BrClF12N3O4. The normalized spacial score (nSPS) is 13.8. The van der Waals surface area contributed by atoms with Crippen molar-refractivity contribution in [3.05, 3.63) is 80.8 Å². The number of carbonyl (C=O) groups excluding carboxylic acids is 2. The fraction of sp³-hybridized carbons (Fsp3) is 0.208. The number of halogens is 14. The lowest BCUT2D eigenvalue weighted by molar-refractivity contribution is -0.389. The Kier molecular flexibility index (Phi) is 9.95. The van der Waals surface area contributed by atoms with Gasteiger partial charge in [0.1, 0.15) is 10.8 Å². The van der Waals surface area contributed by atoms with Crippen molar-refractivity contribution in [1.29, 1.82) is 0 Å². The Hall–Kier alpha value is -3.78. The highest BCUT2D eigenvalue weighted by atomic mass is 79.9. The SMILES string of the molecule is O=C(Nc1c(Br)cc(C(F)(C(F)(F)F)C(F)(F)C(F)(F)F)cc1OC(F)F)c1cccc(N(O)C(=O)c2ccc(Cl)nc2)c1F. The molecule has 21 heteroatoms. The lowest BCUT2D eigenvalue weighted by atomic mass is 9.87. The van der Waals surface area contributed by atoms with E-state index in [-0.39, 0.29) is 21.8 Å². The predicted molar refractivity (Wildman–Crippen MR) is 133 cm³/mol. The number of pyridine rings is 1. The fourth-order valence-corrected chi connectivity index (χ4v) is 4.24. The standard InChI is InChI=1S/C24H11BrClF12N3O4/c25-12-6-10(21(30,23(33,34)35)22(31,32)24(36,37)38)7-14(45-20(28)29)17(12)40-18(42)11-2-1-3-13(16(11)27)41(44)19(43)9-4-5-15(26)39-8-9/h1-8,20,44H,(H,40,42). The maximum absolute atomic E-state index is 15.2. The van der Waals surface area contributed by atoms with E-state index in [1.54, 1.807) is 5.32 Å². The molecule has 0 saturated heterocycles. The first-order chi connectivity index (χ1) is 20.5. The maximum atomic E-state index is 15.2. The van der Waals surface area contributed by atoms with E-state index in [0.29, 0.717) is 6.07 Å². The Labute approximate surface area is 255 Å². The summed E-state index contributed by atoms with van der Waals surface area (Å²) in [6, 6.07) is 3.64. The van der Waals surface area contributed by atoms with Gasteiger partial charge in [-0.3, -0.25) is 14.8 Å². The zero-order valence-electron chi connectivity index (χ0n) is 21.1. The number of nitrogens with one attached hydrogen (secondary N) is 1. The topological polar surface area (TPSA) is 91.8 Å². The van der Waals surface area contributed by atoms with Crippen molar-refractivity contribution in [3.8, 4) is 5.75 Å². The lowest BCUT2D eigenvalue weighted by Gasteiger charge is -2.36. The molecule has 7 nitrogen and oxygen atoms in total. The molecule has 244 valence electrons. The van der Waals surface area contributed by atoms with Gasteiger partial charge in [0.15, 0.2) is 11.6 Å². The number of hydroxylamine groups is 1. The van der Waals surface area contributed by atoms with Gasteiger partial charge in [-0.05, 0) is 52.3 Å². The summed E-state index contributed by atoms with van der Waals surface area (Å²) in [6.07, 6.45) is -13.3. The van der Waals surface area contributed by atoms with Crippen molar-refractivity contribution >= 4 is 50.7 Å². The molecular weight excluding hydrogens is 738 g/mol. The van der Waals surface area contributed by atoms with Crippen molar-refractivity contribution in [3.63, 3.8) is 0 Å². The average Bonchev–Trinajstić information content (AvgIpc) is 2.92. The minimum Gasteiger partial charge on any atom is -0.433 e. The number of benzene rings is 2. The van der Waals surface area contributed by atoms with Crippen LogP contribution in [0.1, 0.15) is 26.3 Å². The molecule has 0 aliphatic rings. The number of amides is 2. The molecule has 1 aromatic heterocycles. The van der Waals surface area contributed by atoms with Crippen molar-refractivity contribution in [2.75, 3.05) is 10.4 Å². The van der Waals surface area contributed by atoms with Crippen molar-refractivity contribution in [2.45, 2.75) is 30.6 Å². The molecule has 2 amide bonds. The Balaban J connectivity index is 2.09. The summed E-state index contributed by atoms with van der Waals surface area (Å²) in [5, 5.41) is 11.6. The second-order valence-electron chi connectivity index (χ2n) is 8.52. The van der Waals surface area contributed by atoms with Crippen LogP contribution in [-0.2, 0) is 5.67 Å². The van der Waals surface area contributed by atoms with E-state index < -0.39 is 87.0 Å². The molecule has 0 saturated carbocycles. The van der Waals surface area contributed by atoms with Gasteiger partial charge in [0.2, 0.25) is 0 Å². The van der Waals surface area contributed by atoms with Crippen LogP contribution in [-0.4, -0.2) is 46.9 Å². The van der Waals surface area contributed by atoms with Gasteiger partial charge >= 0.3 is 30.6 Å². The highest BCUT2D eigenvalue weighted by Gasteiger charge is 2.81. The molecule has 2 aromatic carbocycles. The number of carbonyl (C=O) groups is 2. The van der Waals surface area contributed by atoms with Gasteiger partial charge in [-0.15, -0.1) is 0 Å². The molecule has 0 aliphatic heterocycles. The van der Waals surface area contributed by atoms with Gasteiger partial charge in [0.05, 0.1) is 16.8 Å². The van der Waals surface area contributed by atoms with Gasteiger partial charge in [0, 0.05) is 16.2 Å². The third-order valence-corrected chi connectivity index (χ3v) is 6.55. The molecule has 45 heavy (non-hydrogen) atoms. The number of alkyl halides is 11. The number of rotatable bonds is 8. The molecule has 3 aromatic rings. The van der Waals surface area contributed by atoms with Crippen LogP contribution in [0.4, 0.5) is 64.1 Å². The van der Waals surface area contributed by atoms with E-state index >= 15 is 4.39 Å². The van der Waals surface area contributed by atoms with E-state index in [0.717, 1.165) is 30.5 Å². The number of aromatic nitrogens is 1. The highest BCUT2D eigenvalue weighted by molar-refractivity contribution is 9.10. The number of nitrogens with zero attached hydrogens (tertiary/aromatic N) is 2. The molecule has 1 atom stereocenters. The molecule has 0 aliphatic carbocycles. The fourth-order valence-electron chi connectivity index (χ4n) is 3.58. The van der Waals surface area contributed by atoms with Gasteiger partial charge in [-0.2, -0.15) is 49.0 Å². The van der Waals surface area contributed by atoms with E-state index in [9.17, 15) is 63.1 Å². The summed E-state index contributed by atoms with van der Waals surface area (Å²) in [4.78, 5) is 28.9. The average molecular weight is 749 g/mol. The number of anilines is 2. The first-order valence-electron chi connectivity index (χ1n) is 11.3. The lowest BCUT2D eigenvalue weighted by Crippen LogP contribution is -2.59. The quantitative estimate of drug-likeness (QED) is 0.105. The van der Waals surface area contributed by atoms with Crippen LogP contribution in [0.15, 0.2) is 53.1 Å². The van der Waals surface area contributed by atoms with Crippen molar-refractivity contribution in [2.24, 2.45) is 0 Å². The molecule has 0 spiro atoms. The van der Waals surface area contributed by atoms with E-state index in [2.05, 4.69) is 25.7 Å². The van der Waals surface area contributed by atoms with Crippen LogP contribution in [0.5, 0.6) is 5.75 Å². The molecule has 2 N–H and O–H groups in total. The van der Waals surface area contributed by atoms with Crippen LogP contribution < -0.4 is 15.1 Å². The first-order valence-corrected chi connectivity index (χ1v) is 12.5. The monoisotopic (exact) mass is 747 g/mol. The number of hydrogen-bond donors (Lipinski definition) is 2. The number of ether oxygens (including phenoxy) is 1. The number of hydrogen-bond acceptors (Lipinski definition) is 5. The summed E-state index contributed by atoms with van der Waals surface area (Å²) in [6.45, 7) is -4.04. The molecule has 0 radical (unpaired) electrons. The summed E-state index contributed by atoms with van der Waals surface area (Å²) in [7, 11) is 0. The van der Waals surface area contributed by atoms with Crippen LogP contribution in [0, 0.1) is 5.82 Å². The van der Waals surface area contributed by atoms with Gasteiger partial charge < -0.3 is 10.1 Å². The second-order valence-corrected chi connectivity index (χ2v) is 9.76. The van der Waals surface area contributed by atoms with Crippen molar-refractivity contribution < 1.29 is 72.2 Å². The zero-order valence-corrected chi connectivity index (χ0v) is 23.4. The second kappa shape index (κ2) is 12.5. The molecule has 1 unspecified atom stereocenters. The zero-order chi connectivity index (χ0) is 34.3. The molecule has 1 heterocycles. The van der Waals surface area contributed by atoms with Crippen LogP contribution >= 0.6 is 27.5 Å². The third-order valence-electron chi connectivity index (χ3n) is 5.70. The largest absolute Gasteiger partial charge is 0.457 e. The van der Waals surface area contributed by atoms with Crippen LogP contribution in [0.3, 0.4) is 0 Å². The maximum Gasteiger partial charge on any atom is 0.457 e. The van der Waals surface area contributed by atoms with Gasteiger partial charge in [0.25, 0.3) is 11.8 Å². The smallest absolute Gasteiger partial charge is 0.433 e. The Bertz CT molecular complexity index is 1610. The van der Waals surface area contributed by atoms with Gasteiger partial charge in [-0.25, -0.2) is 13.8 Å². The van der Waals surface area contributed by atoms with Crippen LogP contribution in [0.2, 0.25) is 5.15 Å². The first kappa shape index (κ1) is 35.7. The third kappa shape index (κ3) is 6.76. The summed E-state index contributed by atoms with van der Waals surface area (Å²) in [5.74, 6) is -13.6. The van der Waals surface area contributed by atoms with E-state index in [1.165, 1.54) is 0 Å². The molecule has 3 rings (SSSR count). The summed E-state index contributed by atoms with van der Waals surface area (Å²) < 4.78 is 166. The summed E-state index contributed by atoms with van der Waals surface area (Å²) >= 11 is 7.97. The molecule has 0 fully saturated rings. The Morgan fingerprint density at radius 1 is 0.978 bits per heavy atom. The Morgan fingerprint density at radius 3 is 2.11 bits per heavy atom.